The highest BCUT2D eigenvalue weighted by molar-refractivity contribution is 7.80. The summed E-state index contributed by atoms with van der Waals surface area (Å²) in [6, 6.07) is 14.7. The van der Waals surface area contributed by atoms with Gasteiger partial charge in [-0.25, -0.2) is 0 Å². The molecular weight excluding hydrogens is 328 g/mol. The first-order valence-corrected chi connectivity index (χ1v) is 8.26. The van der Waals surface area contributed by atoms with Crippen LogP contribution in [-0.2, 0) is 0 Å². The van der Waals surface area contributed by atoms with Crippen molar-refractivity contribution in [2.24, 2.45) is 0 Å². The molecule has 5 heteroatoms. The number of nitrogens with one attached hydrogen (secondary N) is 2. The molecule has 2 rings (SSSR count). The molecule has 0 fully saturated rings. The van der Waals surface area contributed by atoms with E-state index in [-0.39, 0.29) is 11.0 Å². The third kappa shape index (κ3) is 4.78. The molecule has 3 nitrogen and oxygen atoms in total. The van der Waals surface area contributed by atoms with E-state index in [2.05, 4.69) is 30.5 Å². The van der Waals surface area contributed by atoms with E-state index in [1.165, 1.54) is 5.56 Å². The lowest BCUT2D eigenvalue weighted by Gasteiger charge is -2.17. The van der Waals surface area contributed by atoms with Crippen LogP contribution in [0.2, 0.25) is 5.02 Å². The zero-order valence-corrected chi connectivity index (χ0v) is 14.7. The summed E-state index contributed by atoms with van der Waals surface area (Å²) in [5.41, 5.74) is 2.56. The van der Waals surface area contributed by atoms with Crippen LogP contribution in [-0.4, -0.2) is 11.0 Å². The van der Waals surface area contributed by atoms with Crippen molar-refractivity contribution in [3.63, 3.8) is 0 Å². The van der Waals surface area contributed by atoms with Crippen LogP contribution in [0.4, 0.5) is 5.69 Å². The molecule has 0 saturated carbocycles. The third-order valence-corrected chi connectivity index (χ3v) is 4.11. The van der Waals surface area contributed by atoms with Crippen molar-refractivity contribution in [1.82, 2.24) is 5.32 Å². The number of para-hydroxylation sites is 1. The van der Waals surface area contributed by atoms with E-state index in [0.29, 0.717) is 16.5 Å². The smallest absolute Gasteiger partial charge is 0.257 e. The molecule has 0 heterocycles. The molecule has 1 amide bonds. The van der Waals surface area contributed by atoms with Gasteiger partial charge >= 0.3 is 0 Å². The maximum Gasteiger partial charge on any atom is 0.257 e. The Labute approximate surface area is 147 Å². The number of rotatable bonds is 4. The fraction of sp³-hybridized carbons (Fsp3) is 0.222. The number of carbonyl (C=O) groups excluding carboxylic acids is 1. The van der Waals surface area contributed by atoms with Crippen LogP contribution in [0.15, 0.2) is 48.5 Å². The van der Waals surface area contributed by atoms with Crippen molar-refractivity contribution >= 4 is 40.5 Å². The highest BCUT2D eigenvalue weighted by atomic mass is 35.5. The summed E-state index contributed by atoms with van der Waals surface area (Å²) in [5.74, 6) is 0.121. The van der Waals surface area contributed by atoms with Gasteiger partial charge in [-0.3, -0.25) is 10.1 Å². The number of thiocarbonyl (C=S) groups is 1. The number of hydrogen-bond donors (Lipinski definition) is 2. The largest absolute Gasteiger partial charge is 0.332 e. The molecule has 0 spiro atoms. The lowest BCUT2D eigenvalue weighted by Crippen LogP contribution is -2.34. The maximum atomic E-state index is 12.2. The second kappa shape index (κ2) is 8.09. The normalized spacial score (nSPS) is 11.6. The Bertz CT molecular complexity index is 718. The third-order valence-electron chi connectivity index (χ3n) is 3.67. The molecule has 120 valence electrons. The van der Waals surface area contributed by atoms with Crippen LogP contribution in [0.1, 0.15) is 42.1 Å². The summed E-state index contributed by atoms with van der Waals surface area (Å²) in [4.78, 5) is 12.2. The zero-order valence-electron chi connectivity index (χ0n) is 13.1. The van der Waals surface area contributed by atoms with Crippen molar-refractivity contribution in [3.05, 3.63) is 64.7 Å². The molecule has 0 aliphatic heterocycles. The van der Waals surface area contributed by atoms with Crippen LogP contribution in [0.3, 0.4) is 0 Å². The monoisotopic (exact) mass is 346 g/mol. The van der Waals surface area contributed by atoms with Crippen LogP contribution in [0.25, 0.3) is 0 Å². The van der Waals surface area contributed by atoms with Gasteiger partial charge in [0, 0.05) is 16.3 Å². The summed E-state index contributed by atoms with van der Waals surface area (Å²) in [6.45, 7) is 4.30. The Hall–Kier alpha value is -1.91. The van der Waals surface area contributed by atoms with E-state index >= 15 is 0 Å². The number of halogens is 1. The van der Waals surface area contributed by atoms with E-state index in [1.54, 1.807) is 24.3 Å². The number of carbonyl (C=O) groups is 1. The Balaban J connectivity index is 2.07. The molecule has 23 heavy (non-hydrogen) atoms. The molecule has 0 aromatic heterocycles. The van der Waals surface area contributed by atoms with Gasteiger partial charge in [-0.2, -0.15) is 0 Å². The molecule has 2 aromatic rings. The van der Waals surface area contributed by atoms with Crippen LogP contribution in [0.5, 0.6) is 0 Å². The Kier molecular flexibility index (Phi) is 6.13. The minimum absolute atomic E-state index is 0.269. The van der Waals surface area contributed by atoms with Gasteiger partial charge in [0.15, 0.2) is 5.11 Å². The van der Waals surface area contributed by atoms with E-state index < -0.39 is 0 Å². The van der Waals surface area contributed by atoms with Crippen LogP contribution >= 0.6 is 23.8 Å². The van der Waals surface area contributed by atoms with Gasteiger partial charge in [0.05, 0.1) is 0 Å². The summed E-state index contributed by atoms with van der Waals surface area (Å²) in [6.07, 6.45) is 1.03. The summed E-state index contributed by atoms with van der Waals surface area (Å²) < 4.78 is 0. The minimum atomic E-state index is -0.286. The van der Waals surface area contributed by atoms with Gasteiger partial charge in [-0.15, -0.1) is 0 Å². The lowest BCUT2D eigenvalue weighted by molar-refractivity contribution is 0.0977. The predicted octanol–water partition coefficient (Wildman–Crippen LogP) is 4.98. The quantitative estimate of drug-likeness (QED) is 0.767. The Morgan fingerprint density at radius 1 is 1.22 bits per heavy atom. The van der Waals surface area contributed by atoms with E-state index in [1.807, 2.05) is 18.2 Å². The van der Waals surface area contributed by atoms with Gasteiger partial charge in [-0.05, 0) is 54.4 Å². The first-order valence-electron chi connectivity index (χ1n) is 7.48. The number of hydrogen-bond acceptors (Lipinski definition) is 2. The number of amides is 1. The molecular formula is C18H19ClN2OS. The topological polar surface area (TPSA) is 41.1 Å². The first-order chi connectivity index (χ1) is 11.0. The van der Waals surface area contributed by atoms with Gasteiger partial charge in [0.2, 0.25) is 0 Å². The van der Waals surface area contributed by atoms with Gasteiger partial charge < -0.3 is 5.32 Å². The van der Waals surface area contributed by atoms with Gasteiger partial charge in [0.25, 0.3) is 5.91 Å². The number of benzene rings is 2. The average Bonchev–Trinajstić information content (AvgIpc) is 2.54. The first kappa shape index (κ1) is 17.4. The van der Waals surface area contributed by atoms with Crippen molar-refractivity contribution in [1.29, 1.82) is 0 Å². The molecule has 0 bridgehead atoms. The van der Waals surface area contributed by atoms with Gasteiger partial charge in [-0.1, -0.05) is 49.7 Å². The maximum absolute atomic E-state index is 12.2. The molecule has 0 radical (unpaired) electrons. The molecule has 0 aliphatic rings. The molecule has 0 saturated heterocycles. The average molecular weight is 347 g/mol. The second-order valence-electron chi connectivity index (χ2n) is 5.32. The summed E-state index contributed by atoms with van der Waals surface area (Å²) in [7, 11) is 0. The van der Waals surface area contributed by atoms with Crippen molar-refractivity contribution in [3.8, 4) is 0 Å². The standard InChI is InChI=1S/C18H19ClN2OS/c1-3-12(2)15-9-4-5-10-16(15)20-18(23)21-17(22)13-7-6-8-14(19)11-13/h4-12H,3H2,1-2H3,(H2,20,21,22,23). The highest BCUT2D eigenvalue weighted by Gasteiger charge is 2.12. The van der Waals surface area contributed by atoms with Crippen LogP contribution in [0, 0.1) is 0 Å². The number of anilines is 1. The zero-order chi connectivity index (χ0) is 16.8. The molecule has 2 aromatic carbocycles. The summed E-state index contributed by atoms with van der Waals surface area (Å²) in [5, 5.41) is 6.57. The Morgan fingerprint density at radius 3 is 2.65 bits per heavy atom. The molecule has 1 unspecified atom stereocenters. The SMILES string of the molecule is CCC(C)c1ccccc1NC(=S)NC(=O)c1cccc(Cl)c1. The van der Waals surface area contributed by atoms with E-state index in [4.69, 9.17) is 23.8 Å². The predicted molar refractivity (Wildman–Crippen MR) is 100 cm³/mol. The summed E-state index contributed by atoms with van der Waals surface area (Å²) >= 11 is 11.1. The Morgan fingerprint density at radius 2 is 1.96 bits per heavy atom. The molecule has 2 N–H and O–H groups in total. The van der Waals surface area contributed by atoms with Gasteiger partial charge in [0.1, 0.15) is 0 Å². The van der Waals surface area contributed by atoms with Crippen molar-refractivity contribution in [2.45, 2.75) is 26.2 Å². The fourth-order valence-electron chi connectivity index (χ4n) is 2.22. The lowest BCUT2D eigenvalue weighted by atomic mass is 9.97. The highest BCUT2D eigenvalue weighted by Crippen LogP contribution is 2.26. The van der Waals surface area contributed by atoms with Crippen molar-refractivity contribution in [2.75, 3.05) is 5.32 Å². The second-order valence-corrected chi connectivity index (χ2v) is 6.16. The molecule has 1 atom stereocenters. The van der Waals surface area contributed by atoms with Crippen LogP contribution < -0.4 is 10.6 Å². The fourth-order valence-corrected chi connectivity index (χ4v) is 2.61. The van der Waals surface area contributed by atoms with Crippen molar-refractivity contribution < 1.29 is 4.79 Å². The van der Waals surface area contributed by atoms with E-state index in [0.717, 1.165) is 12.1 Å². The minimum Gasteiger partial charge on any atom is -0.332 e. The molecule has 0 aliphatic carbocycles. The van der Waals surface area contributed by atoms with E-state index in [9.17, 15) is 4.79 Å².